The molecule has 9 heteroatoms. The summed E-state index contributed by atoms with van der Waals surface area (Å²) in [6.07, 6.45) is 3.58. The average molecular weight is 290 g/mol. The molecule has 0 amide bonds. The summed E-state index contributed by atoms with van der Waals surface area (Å²) in [7, 11) is 0.0488. The number of rotatable bonds is 10. The van der Waals surface area contributed by atoms with Gasteiger partial charge < -0.3 is 5.32 Å². The van der Waals surface area contributed by atoms with Crippen molar-refractivity contribution in [3.63, 3.8) is 0 Å². The van der Waals surface area contributed by atoms with Crippen LogP contribution in [0, 0.1) is 0 Å². The minimum Gasteiger partial charge on any atom is -0.320 e. The Morgan fingerprint density at radius 3 is 2.79 bits per heavy atom. The van der Waals surface area contributed by atoms with Gasteiger partial charge >= 0.3 is 0 Å². The number of hydrogen-bond donors (Lipinski definition) is 3. The molecule has 1 aromatic rings. The lowest BCUT2D eigenvalue weighted by Crippen LogP contribution is -2.39. The molecule has 1 heterocycles. The van der Waals surface area contributed by atoms with E-state index in [1.165, 1.54) is 10.6 Å². The van der Waals surface area contributed by atoms with Crippen LogP contribution in [0.5, 0.6) is 0 Å². The van der Waals surface area contributed by atoms with Crippen LogP contribution in [-0.4, -0.2) is 61.6 Å². The number of hydrogen-bond acceptors (Lipinski definition) is 5. The minimum absolute atomic E-state index is 0.388. The summed E-state index contributed by atoms with van der Waals surface area (Å²) in [5.74, 6) is 0.765. The van der Waals surface area contributed by atoms with Crippen molar-refractivity contribution in [3.8, 4) is 0 Å². The van der Waals surface area contributed by atoms with Gasteiger partial charge in [0.1, 0.15) is 12.2 Å². The highest BCUT2D eigenvalue weighted by Crippen LogP contribution is 1.97. The first kappa shape index (κ1) is 16.0. The molecule has 0 aliphatic rings. The maximum Gasteiger partial charge on any atom is 0.279 e. The van der Waals surface area contributed by atoms with E-state index in [1.54, 1.807) is 7.05 Å². The Morgan fingerprint density at radius 1 is 1.37 bits per heavy atom. The summed E-state index contributed by atoms with van der Waals surface area (Å²) >= 11 is 0. The lowest BCUT2D eigenvalue weighted by atomic mass is 10.3. The Kier molecular flexibility index (Phi) is 6.92. The molecule has 0 aromatic carbocycles. The van der Waals surface area contributed by atoms with Crippen LogP contribution in [0.1, 0.15) is 18.7 Å². The highest BCUT2D eigenvalue weighted by Gasteiger charge is 2.15. The zero-order valence-electron chi connectivity index (χ0n) is 11.4. The number of H-pyrrole nitrogens is 1. The molecule has 0 spiro atoms. The van der Waals surface area contributed by atoms with E-state index in [0.29, 0.717) is 25.9 Å². The van der Waals surface area contributed by atoms with Crippen molar-refractivity contribution >= 4 is 10.2 Å². The topological polar surface area (TPSA) is 103 Å². The normalized spacial score (nSPS) is 12.2. The second-order valence-electron chi connectivity index (χ2n) is 4.21. The van der Waals surface area contributed by atoms with Gasteiger partial charge in [-0.15, -0.1) is 0 Å². The smallest absolute Gasteiger partial charge is 0.279 e. The highest BCUT2D eigenvalue weighted by molar-refractivity contribution is 7.87. The molecule has 0 aliphatic heterocycles. The first-order chi connectivity index (χ1) is 9.06. The summed E-state index contributed by atoms with van der Waals surface area (Å²) in [6.45, 7) is 1.68. The van der Waals surface area contributed by atoms with Crippen molar-refractivity contribution in [1.82, 2.24) is 29.5 Å². The lowest BCUT2D eigenvalue weighted by Gasteiger charge is -2.17. The largest absolute Gasteiger partial charge is 0.320 e. The lowest BCUT2D eigenvalue weighted by molar-refractivity contribution is 0.447. The maximum absolute atomic E-state index is 11.8. The van der Waals surface area contributed by atoms with Crippen LogP contribution in [0.4, 0.5) is 0 Å². The fraction of sp³-hybridized carbons (Fsp3) is 0.800. The molecular weight excluding hydrogens is 268 g/mol. The zero-order chi connectivity index (χ0) is 14.1. The fourth-order valence-electron chi connectivity index (χ4n) is 1.52. The van der Waals surface area contributed by atoms with Crippen LogP contribution in [-0.2, 0) is 16.6 Å². The first-order valence-corrected chi connectivity index (χ1v) is 7.70. The Hall–Kier alpha value is -1.03. The summed E-state index contributed by atoms with van der Waals surface area (Å²) in [5.41, 5.74) is 0. The van der Waals surface area contributed by atoms with Crippen molar-refractivity contribution in [3.05, 3.63) is 12.2 Å². The summed E-state index contributed by atoms with van der Waals surface area (Å²) in [6, 6.07) is 0. The van der Waals surface area contributed by atoms with E-state index in [2.05, 4.69) is 25.2 Å². The molecule has 19 heavy (non-hydrogen) atoms. The molecule has 0 fully saturated rings. The maximum atomic E-state index is 11.8. The van der Waals surface area contributed by atoms with Gasteiger partial charge in [-0.3, -0.25) is 5.10 Å². The first-order valence-electron chi connectivity index (χ1n) is 6.26. The third-order valence-electron chi connectivity index (χ3n) is 2.65. The van der Waals surface area contributed by atoms with Gasteiger partial charge in [-0.2, -0.15) is 17.8 Å². The van der Waals surface area contributed by atoms with Crippen molar-refractivity contribution in [2.24, 2.45) is 0 Å². The Balaban J connectivity index is 2.22. The molecule has 0 radical (unpaired) electrons. The van der Waals surface area contributed by atoms with E-state index in [9.17, 15) is 8.42 Å². The van der Waals surface area contributed by atoms with Gasteiger partial charge in [0.2, 0.25) is 0 Å². The van der Waals surface area contributed by atoms with E-state index in [1.807, 2.05) is 7.05 Å². The molecule has 1 rings (SSSR count). The SMILES string of the molecule is CNCCCN(C)S(=O)(=O)NCCCc1ncn[nH]1. The molecule has 0 atom stereocenters. The molecule has 0 saturated carbocycles. The third kappa shape index (κ3) is 6.10. The number of aromatic amines is 1. The molecule has 110 valence electrons. The van der Waals surface area contributed by atoms with Crippen LogP contribution in [0.3, 0.4) is 0 Å². The van der Waals surface area contributed by atoms with Crippen LogP contribution in [0.15, 0.2) is 6.33 Å². The summed E-state index contributed by atoms with van der Waals surface area (Å²) in [5, 5.41) is 9.45. The van der Waals surface area contributed by atoms with Gasteiger partial charge in [0.05, 0.1) is 0 Å². The average Bonchev–Trinajstić information content (AvgIpc) is 2.88. The molecule has 0 unspecified atom stereocenters. The van der Waals surface area contributed by atoms with E-state index in [-0.39, 0.29) is 0 Å². The fourth-order valence-corrected chi connectivity index (χ4v) is 2.51. The molecule has 0 bridgehead atoms. The number of nitrogens with zero attached hydrogens (tertiary/aromatic N) is 3. The molecule has 1 aromatic heterocycles. The Labute approximate surface area is 114 Å². The van der Waals surface area contributed by atoms with Gasteiger partial charge in [-0.1, -0.05) is 0 Å². The van der Waals surface area contributed by atoms with Crippen molar-refractivity contribution < 1.29 is 8.42 Å². The van der Waals surface area contributed by atoms with Gasteiger partial charge in [0.15, 0.2) is 0 Å². The van der Waals surface area contributed by atoms with Crippen molar-refractivity contribution in [2.75, 3.05) is 33.7 Å². The van der Waals surface area contributed by atoms with Crippen molar-refractivity contribution in [1.29, 1.82) is 0 Å². The van der Waals surface area contributed by atoms with Crippen LogP contribution < -0.4 is 10.0 Å². The Bertz CT molecular complexity index is 433. The van der Waals surface area contributed by atoms with Gasteiger partial charge in [-0.05, 0) is 26.4 Å². The monoisotopic (exact) mass is 290 g/mol. The van der Waals surface area contributed by atoms with E-state index < -0.39 is 10.2 Å². The Morgan fingerprint density at radius 2 is 2.16 bits per heavy atom. The molecule has 0 aliphatic carbocycles. The molecule has 0 saturated heterocycles. The highest BCUT2D eigenvalue weighted by atomic mass is 32.2. The summed E-state index contributed by atoms with van der Waals surface area (Å²) in [4.78, 5) is 3.97. The third-order valence-corrected chi connectivity index (χ3v) is 4.22. The number of nitrogens with one attached hydrogen (secondary N) is 3. The number of aryl methyl sites for hydroxylation is 1. The van der Waals surface area contributed by atoms with Crippen molar-refractivity contribution in [2.45, 2.75) is 19.3 Å². The van der Waals surface area contributed by atoms with E-state index in [0.717, 1.165) is 18.8 Å². The minimum atomic E-state index is -3.37. The predicted molar refractivity (Wildman–Crippen MR) is 72.8 cm³/mol. The standard InChI is InChI=1S/C10H22N6O2S/c1-11-6-4-8-16(2)19(17,18)14-7-3-5-10-12-9-13-15-10/h9,11,14H,3-8H2,1-2H3,(H,12,13,15). The van der Waals surface area contributed by atoms with Crippen LogP contribution >= 0.6 is 0 Å². The molecule has 8 nitrogen and oxygen atoms in total. The van der Waals surface area contributed by atoms with Crippen LogP contribution in [0.25, 0.3) is 0 Å². The van der Waals surface area contributed by atoms with E-state index in [4.69, 9.17) is 0 Å². The van der Waals surface area contributed by atoms with Gasteiger partial charge in [0.25, 0.3) is 10.2 Å². The van der Waals surface area contributed by atoms with E-state index >= 15 is 0 Å². The summed E-state index contributed by atoms with van der Waals surface area (Å²) < 4.78 is 27.6. The number of aromatic nitrogens is 3. The van der Waals surface area contributed by atoms with Gasteiger partial charge in [-0.25, -0.2) is 9.71 Å². The second-order valence-corrected chi connectivity index (χ2v) is 6.08. The quantitative estimate of drug-likeness (QED) is 0.485. The molecule has 3 N–H and O–H groups in total. The predicted octanol–water partition coefficient (Wildman–Crippen LogP) is -0.887. The zero-order valence-corrected chi connectivity index (χ0v) is 12.2. The van der Waals surface area contributed by atoms with Gasteiger partial charge in [0, 0.05) is 26.6 Å². The van der Waals surface area contributed by atoms with Crippen LogP contribution in [0.2, 0.25) is 0 Å². The second kappa shape index (κ2) is 8.20. The molecular formula is C10H22N6O2S.